The van der Waals surface area contributed by atoms with E-state index in [-0.39, 0.29) is 10.2 Å². The molecule has 1 heterocycles. The maximum absolute atomic E-state index is 12.3. The van der Waals surface area contributed by atoms with Gasteiger partial charge in [-0.15, -0.1) is 0 Å². The van der Waals surface area contributed by atoms with Crippen molar-refractivity contribution in [2.24, 2.45) is 0 Å². The molecule has 1 rings (SSSR count). The minimum atomic E-state index is -2.91. The second kappa shape index (κ2) is 4.31. The summed E-state index contributed by atoms with van der Waals surface area (Å²) in [7, 11) is 0. The Morgan fingerprint density at radius 2 is 2.27 bits per heavy atom. The number of carbonyl (C=O) groups is 1. The molecule has 0 unspecified atom stereocenters. The first-order valence-electron chi connectivity index (χ1n) is 3.59. The van der Waals surface area contributed by atoms with E-state index < -0.39 is 23.7 Å². The Hall–Kier alpha value is -1.55. The van der Waals surface area contributed by atoms with Gasteiger partial charge in [0.25, 0.3) is 6.43 Å². The van der Waals surface area contributed by atoms with Gasteiger partial charge in [0.2, 0.25) is 0 Å². The van der Waals surface area contributed by atoms with Crippen LogP contribution in [0.4, 0.5) is 8.78 Å². The summed E-state index contributed by atoms with van der Waals surface area (Å²) in [5.74, 6) is -1.40. The fourth-order valence-corrected chi connectivity index (χ4v) is 1.35. The zero-order valence-electron chi connectivity index (χ0n) is 7.04. The number of aromatic nitrogens is 1. The van der Waals surface area contributed by atoms with Gasteiger partial charge < -0.3 is 5.11 Å². The monoisotopic (exact) mass is 276 g/mol. The number of hydrogen-bond acceptors (Lipinski definition) is 3. The molecule has 0 aliphatic carbocycles. The van der Waals surface area contributed by atoms with Crippen LogP contribution in [0.1, 0.15) is 28.2 Å². The van der Waals surface area contributed by atoms with Crippen molar-refractivity contribution in [1.82, 2.24) is 4.98 Å². The molecule has 0 radical (unpaired) electrons. The summed E-state index contributed by atoms with van der Waals surface area (Å²) in [5, 5.41) is 17.2. The van der Waals surface area contributed by atoms with Crippen LogP contribution >= 0.6 is 15.9 Å². The van der Waals surface area contributed by atoms with Crippen LogP contribution in [0.5, 0.6) is 0 Å². The highest BCUT2D eigenvalue weighted by molar-refractivity contribution is 9.10. The Morgan fingerprint density at radius 3 is 2.67 bits per heavy atom. The number of pyridine rings is 1. The van der Waals surface area contributed by atoms with Crippen molar-refractivity contribution in [3.8, 4) is 6.07 Å². The maximum Gasteiger partial charge on any atom is 0.337 e. The van der Waals surface area contributed by atoms with E-state index in [1.54, 1.807) is 0 Å². The molecule has 4 nitrogen and oxygen atoms in total. The molecule has 1 aromatic heterocycles. The van der Waals surface area contributed by atoms with Crippen molar-refractivity contribution in [2.45, 2.75) is 6.43 Å². The minimum absolute atomic E-state index is 0.0955. The lowest BCUT2D eigenvalue weighted by atomic mass is 10.2. The van der Waals surface area contributed by atoms with Crippen molar-refractivity contribution < 1.29 is 18.7 Å². The first-order valence-corrected chi connectivity index (χ1v) is 4.38. The number of carboxylic acids is 1. The third-order valence-corrected chi connectivity index (χ3v) is 2.34. The van der Waals surface area contributed by atoms with Gasteiger partial charge in [0.15, 0.2) is 5.69 Å². The lowest BCUT2D eigenvalue weighted by molar-refractivity contribution is 0.0695. The summed E-state index contributed by atoms with van der Waals surface area (Å²) < 4.78 is 24.5. The number of rotatable bonds is 2. The van der Waals surface area contributed by atoms with Gasteiger partial charge in [-0.1, -0.05) is 0 Å². The number of alkyl halides is 2. The van der Waals surface area contributed by atoms with Crippen molar-refractivity contribution in [2.75, 3.05) is 0 Å². The Balaban J connectivity index is 3.47. The number of halogens is 3. The SMILES string of the molecule is N#Cc1nc(C(F)F)cc(C(=O)O)c1Br. The van der Waals surface area contributed by atoms with Crippen LogP contribution in [0.15, 0.2) is 10.5 Å². The Labute approximate surface area is 91.3 Å². The predicted molar refractivity (Wildman–Crippen MR) is 48.6 cm³/mol. The van der Waals surface area contributed by atoms with E-state index in [1.165, 1.54) is 6.07 Å². The zero-order chi connectivity index (χ0) is 11.6. The Morgan fingerprint density at radius 1 is 1.67 bits per heavy atom. The van der Waals surface area contributed by atoms with Crippen LogP contribution in [-0.2, 0) is 0 Å². The Bertz CT molecular complexity index is 457. The summed E-state index contributed by atoms with van der Waals surface area (Å²) in [6.45, 7) is 0. The number of nitriles is 1. The molecule has 0 amide bonds. The van der Waals surface area contributed by atoms with E-state index in [9.17, 15) is 13.6 Å². The zero-order valence-corrected chi connectivity index (χ0v) is 8.62. The second-order valence-corrected chi connectivity index (χ2v) is 3.27. The summed E-state index contributed by atoms with van der Waals surface area (Å²) in [6.07, 6.45) is -2.91. The van der Waals surface area contributed by atoms with Gasteiger partial charge >= 0.3 is 5.97 Å². The normalized spacial score (nSPS) is 10.1. The first kappa shape index (κ1) is 11.5. The minimum Gasteiger partial charge on any atom is -0.478 e. The lowest BCUT2D eigenvalue weighted by Gasteiger charge is -2.04. The van der Waals surface area contributed by atoms with Crippen molar-refractivity contribution >= 4 is 21.9 Å². The molecule has 7 heteroatoms. The summed E-state index contributed by atoms with van der Waals surface area (Å²) >= 11 is 2.81. The third kappa shape index (κ3) is 2.27. The summed E-state index contributed by atoms with van der Waals surface area (Å²) in [5.41, 5.74) is -1.51. The molecule has 78 valence electrons. The fraction of sp³-hybridized carbons (Fsp3) is 0.125. The smallest absolute Gasteiger partial charge is 0.337 e. The molecule has 15 heavy (non-hydrogen) atoms. The second-order valence-electron chi connectivity index (χ2n) is 2.47. The average molecular weight is 277 g/mol. The van der Waals surface area contributed by atoms with E-state index >= 15 is 0 Å². The fourth-order valence-electron chi connectivity index (χ4n) is 0.891. The van der Waals surface area contributed by atoms with Gasteiger partial charge in [-0.05, 0) is 22.0 Å². The van der Waals surface area contributed by atoms with Crippen molar-refractivity contribution in [1.29, 1.82) is 5.26 Å². The molecule has 0 saturated carbocycles. The average Bonchev–Trinajstić information content (AvgIpc) is 2.17. The van der Waals surface area contributed by atoms with Gasteiger partial charge in [-0.3, -0.25) is 0 Å². The van der Waals surface area contributed by atoms with Crippen LogP contribution in [0.3, 0.4) is 0 Å². The molecule has 1 N–H and O–H groups in total. The number of nitrogens with zero attached hydrogens (tertiary/aromatic N) is 2. The molecule has 0 aliphatic rings. The van der Waals surface area contributed by atoms with E-state index in [4.69, 9.17) is 10.4 Å². The largest absolute Gasteiger partial charge is 0.478 e. The highest BCUT2D eigenvalue weighted by atomic mass is 79.9. The standard InChI is InChI=1S/C8H3BrF2N2O2/c9-6-3(8(14)15)1-4(7(10)11)13-5(6)2-12/h1,7H,(H,14,15). The summed E-state index contributed by atoms with van der Waals surface area (Å²) in [6, 6.07) is 2.27. The van der Waals surface area contributed by atoms with E-state index in [1.807, 2.05) is 0 Å². The molecule has 0 saturated heterocycles. The van der Waals surface area contributed by atoms with Crippen LogP contribution in [0.2, 0.25) is 0 Å². The van der Waals surface area contributed by atoms with Crippen LogP contribution < -0.4 is 0 Å². The van der Waals surface area contributed by atoms with E-state index in [0.29, 0.717) is 0 Å². The van der Waals surface area contributed by atoms with Crippen LogP contribution in [0, 0.1) is 11.3 Å². The quantitative estimate of drug-likeness (QED) is 0.900. The van der Waals surface area contributed by atoms with Crippen molar-refractivity contribution in [3.63, 3.8) is 0 Å². The van der Waals surface area contributed by atoms with E-state index in [2.05, 4.69) is 20.9 Å². The molecule has 0 aliphatic heterocycles. The van der Waals surface area contributed by atoms with E-state index in [0.717, 1.165) is 6.07 Å². The van der Waals surface area contributed by atoms with Crippen LogP contribution in [0.25, 0.3) is 0 Å². The van der Waals surface area contributed by atoms with Gasteiger partial charge in [0.05, 0.1) is 10.0 Å². The molecule has 1 aromatic rings. The highest BCUT2D eigenvalue weighted by Crippen LogP contribution is 2.25. The molecule has 0 atom stereocenters. The molecular formula is C8H3BrF2N2O2. The summed E-state index contributed by atoms with van der Waals surface area (Å²) in [4.78, 5) is 14.0. The third-order valence-electron chi connectivity index (χ3n) is 1.54. The lowest BCUT2D eigenvalue weighted by Crippen LogP contribution is -2.04. The molecule has 0 fully saturated rings. The highest BCUT2D eigenvalue weighted by Gasteiger charge is 2.19. The van der Waals surface area contributed by atoms with Crippen LogP contribution in [-0.4, -0.2) is 16.1 Å². The maximum atomic E-state index is 12.3. The topological polar surface area (TPSA) is 74.0 Å². The molecule has 0 spiro atoms. The van der Waals surface area contributed by atoms with Gasteiger partial charge in [-0.2, -0.15) is 5.26 Å². The van der Waals surface area contributed by atoms with Gasteiger partial charge in [-0.25, -0.2) is 18.6 Å². The number of hydrogen-bond donors (Lipinski definition) is 1. The molecule has 0 aromatic carbocycles. The van der Waals surface area contributed by atoms with Crippen molar-refractivity contribution in [3.05, 3.63) is 27.5 Å². The first-order chi connectivity index (χ1) is 6.97. The molecular weight excluding hydrogens is 274 g/mol. The Kier molecular flexibility index (Phi) is 3.31. The predicted octanol–water partition coefficient (Wildman–Crippen LogP) is 2.35. The van der Waals surface area contributed by atoms with Gasteiger partial charge in [0, 0.05) is 0 Å². The molecule has 0 bridgehead atoms. The van der Waals surface area contributed by atoms with Gasteiger partial charge in [0.1, 0.15) is 11.8 Å². The number of carboxylic acid groups (broad SMARTS) is 1. The number of aromatic carboxylic acids is 1.